The van der Waals surface area contributed by atoms with E-state index in [-0.39, 0.29) is 17.3 Å². The topological polar surface area (TPSA) is 68.3 Å². The first-order valence-corrected chi connectivity index (χ1v) is 14.1. The van der Waals surface area contributed by atoms with E-state index < -0.39 is 0 Å². The highest BCUT2D eigenvalue weighted by Crippen LogP contribution is 2.44. The van der Waals surface area contributed by atoms with Crippen LogP contribution >= 0.6 is 15.9 Å². The number of piperidine rings is 1. The van der Waals surface area contributed by atoms with Crippen molar-refractivity contribution in [2.24, 2.45) is 5.41 Å². The molecule has 4 aliphatic rings. The quantitative estimate of drug-likeness (QED) is 0.400. The molecule has 2 aromatic rings. The van der Waals surface area contributed by atoms with E-state index in [0.717, 1.165) is 86.4 Å². The largest absolute Gasteiger partial charge is 0.489 e. The van der Waals surface area contributed by atoms with Crippen molar-refractivity contribution in [3.05, 3.63) is 52.0 Å². The minimum Gasteiger partial charge on any atom is -0.489 e. The van der Waals surface area contributed by atoms with Crippen molar-refractivity contribution in [1.82, 2.24) is 4.90 Å². The summed E-state index contributed by atoms with van der Waals surface area (Å²) in [5.74, 6) is 1.57. The first-order valence-electron chi connectivity index (χ1n) is 13.3. The van der Waals surface area contributed by atoms with Gasteiger partial charge in [0.25, 0.3) is 0 Å². The lowest BCUT2D eigenvalue weighted by atomic mass is 9.77. The van der Waals surface area contributed by atoms with E-state index in [0.29, 0.717) is 24.2 Å². The Hall–Kier alpha value is -2.58. The van der Waals surface area contributed by atoms with E-state index >= 15 is 0 Å². The summed E-state index contributed by atoms with van der Waals surface area (Å²) in [6.07, 6.45) is 7.69. The Morgan fingerprint density at radius 1 is 1.00 bits per heavy atom. The molecular weight excluding hydrogens is 536 g/mol. The molecule has 4 fully saturated rings. The molecule has 0 N–H and O–H groups in total. The van der Waals surface area contributed by atoms with Gasteiger partial charge in [-0.05, 0) is 115 Å². The Morgan fingerprint density at radius 3 is 2.14 bits per heavy atom. The van der Waals surface area contributed by atoms with Gasteiger partial charge in [0, 0.05) is 25.2 Å². The molecule has 1 amide bonds. The number of carbonyl (C=O) groups is 2. The van der Waals surface area contributed by atoms with Crippen LogP contribution in [0.25, 0.3) is 0 Å². The monoisotopic (exact) mass is 568 g/mol. The van der Waals surface area contributed by atoms with Crippen molar-refractivity contribution < 1.29 is 23.8 Å². The Balaban J connectivity index is 1.10. The fourth-order valence-electron chi connectivity index (χ4n) is 5.43. The van der Waals surface area contributed by atoms with E-state index in [1.54, 1.807) is 12.1 Å². The molecule has 37 heavy (non-hydrogen) atoms. The fourth-order valence-corrected chi connectivity index (χ4v) is 5.84. The molecule has 2 aliphatic carbocycles. The van der Waals surface area contributed by atoms with Gasteiger partial charge in [-0.15, -0.1) is 0 Å². The molecule has 7 nitrogen and oxygen atoms in total. The second-order valence-electron chi connectivity index (χ2n) is 11.0. The van der Waals surface area contributed by atoms with E-state index in [2.05, 4.69) is 33.0 Å². The van der Waals surface area contributed by atoms with Crippen LogP contribution in [0.15, 0.2) is 40.9 Å². The van der Waals surface area contributed by atoms with Crippen LogP contribution in [-0.4, -0.2) is 55.7 Å². The molecule has 1 spiro atoms. The lowest BCUT2D eigenvalue weighted by Gasteiger charge is -2.39. The van der Waals surface area contributed by atoms with Gasteiger partial charge in [-0.1, -0.05) is 0 Å². The number of nitrogens with zero attached hydrogens (tertiary/aromatic N) is 2. The maximum atomic E-state index is 13.0. The molecular formula is C29H33BrN2O5. The highest BCUT2D eigenvalue weighted by Gasteiger charge is 2.45. The summed E-state index contributed by atoms with van der Waals surface area (Å²) < 4.78 is 18.1. The summed E-state index contributed by atoms with van der Waals surface area (Å²) in [6.45, 7) is 3.48. The third-order valence-corrected chi connectivity index (χ3v) is 8.73. The van der Waals surface area contributed by atoms with Crippen LogP contribution in [0.2, 0.25) is 0 Å². The van der Waals surface area contributed by atoms with Gasteiger partial charge in [-0.2, -0.15) is 0 Å². The van der Waals surface area contributed by atoms with Crippen LogP contribution in [-0.2, 0) is 16.1 Å². The summed E-state index contributed by atoms with van der Waals surface area (Å²) in [5, 5.41) is 0. The average molecular weight is 569 g/mol. The van der Waals surface area contributed by atoms with Crippen LogP contribution in [0.3, 0.4) is 0 Å². The summed E-state index contributed by atoms with van der Waals surface area (Å²) in [5.41, 5.74) is 2.55. The van der Waals surface area contributed by atoms with Gasteiger partial charge in [0.2, 0.25) is 5.91 Å². The lowest BCUT2D eigenvalue weighted by Crippen LogP contribution is -2.41. The molecule has 0 radical (unpaired) electrons. The van der Waals surface area contributed by atoms with Crippen molar-refractivity contribution in [1.29, 1.82) is 0 Å². The van der Waals surface area contributed by atoms with Crippen LogP contribution < -0.4 is 14.4 Å². The van der Waals surface area contributed by atoms with Crippen LogP contribution in [0.5, 0.6) is 11.5 Å². The number of likely N-dealkylation sites (tertiary alicyclic amines) is 1. The van der Waals surface area contributed by atoms with Gasteiger partial charge < -0.3 is 19.1 Å². The molecule has 2 saturated heterocycles. The van der Waals surface area contributed by atoms with Crippen LogP contribution in [0, 0.1) is 5.41 Å². The number of hydrogen-bond acceptors (Lipinski definition) is 6. The van der Waals surface area contributed by atoms with Crippen LogP contribution in [0.1, 0.15) is 60.9 Å². The third kappa shape index (κ3) is 5.50. The number of anilines is 1. The second kappa shape index (κ2) is 9.95. The summed E-state index contributed by atoms with van der Waals surface area (Å²) in [4.78, 5) is 29.1. The zero-order valence-corrected chi connectivity index (χ0v) is 22.8. The van der Waals surface area contributed by atoms with Gasteiger partial charge in [0.05, 0.1) is 24.9 Å². The number of halogens is 1. The predicted molar refractivity (Wildman–Crippen MR) is 143 cm³/mol. The SMILES string of the molecule is COC(=O)c1ccc(N2CC3(CCN(Cc4cc(OC5CC5)c(Br)c(OC5CC5)c4)CC3)CC2=O)cc1. The van der Waals surface area contributed by atoms with Crippen molar-refractivity contribution in [2.75, 3.05) is 31.6 Å². The molecule has 2 aliphatic heterocycles. The van der Waals surface area contributed by atoms with Gasteiger partial charge in [-0.3, -0.25) is 9.69 Å². The van der Waals surface area contributed by atoms with Crippen molar-refractivity contribution in [2.45, 2.75) is 63.7 Å². The zero-order chi connectivity index (χ0) is 25.6. The normalized spacial score (nSPS) is 21.4. The Kier molecular flexibility index (Phi) is 6.65. The van der Waals surface area contributed by atoms with Crippen LogP contribution in [0.4, 0.5) is 5.69 Å². The average Bonchev–Trinajstić information content (AvgIpc) is 3.84. The van der Waals surface area contributed by atoms with Gasteiger partial charge in [0.15, 0.2) is 0 Å². The summed E-state index contributed by atoms with van der Waals surface area (Å²) in [7, 11) is 1.37. The number of esters is 1. The first kappa shape index (κ1) is 24.7. The molecule has 0 aromatic heterocycles. The molecule has 0 atom stereocenters. The molecule has 0 unspecified atom stereocenters. The Labute approximate surface area is 226 Å². The Bertz CT molecular complexity index is 1150. The standard InChI is InChI=1S/C29H33BrN2O5/c1-35-28(34)20-2-4-21(5-3-20)32-18-29(16-26(32)33)10-12-31(13-11-29)17-19-14-24(36-22-6-7-22)27(30)25(15-19)37-23-8-9-23/h2-5,14-15,22-23H,6-13,16-18H2,1H3. The van der Waals surface area contributed by atoms with Crippen molar-refractivity contribution in [3.8, 4) is 11.5 Å². The molecule has 2 heterocycles. The Morgan fingerprint density at radius 2 is 1.59 bits per heavy atom. The zero-order valence-electron chi connectivity index (χ0n) is 21.2. The molecule has 0 bridgehead atoms. The van der Waals surface area contributed by atoms with Crippen molar-refractivity contribution in [3.63, 3.8) is 0 Å². The summed E-state index contributed by atoms with van der Waals surface area (Å²) in [6, 6.07) is 11.4. The number of benzene rings is 2. The molecule has 2 aromatic carbocycles. The maximum absolute atomic E-state index is 13.0. The molecule has 2 saturated carbocycles. The third-order valence-electron chi connectivity index (χ3n) is 7.95. The number of carbonyl (C=O) groups excluding carboxylic acids is 2. The van der Waals surface area contributed by atoms with E-state index in [4.69, 9.17) is 14.2 Å². The summed E-state index contributed by atoms with van der Waals surface area (Å²) >= 11 is 3.72. The van der Waals surface area contributed by atoms with E-state index in [1.807, 2.05) is 17.0 Å². The highest BCUT2D eigenvalue weighted by atomic mass is 79.9. The molecule has 8 heteroatoms. The predicted octanol–water partition coefficient (Wildman–Crippen LogP) is 5.34. The number of ether oxygens (including phenoxy) is 3. The number of hydrogen-bond donors (Lipinski definition) is 0. The highest BCUT2D eigenvalue weighted by molar-refractivity contribution is 9.10. The first-order chi connectivity index (χ1) is 17.9. The van der Waals surface area contributed by atoms with Gasteiger partial charge in [-0.25, -0.2) is 4.79 Å². The minimum atomic E-state index is -0.369. The minimum absolute atomic E-state index is 0.00874. The van der Waals surface area contributed by atoms with Gasteiger partial charge >= 0.3 is 5.97 Å². The van der Waals surface area contributed by atoms with Gasteiger partial charge in [0.1, 0.15) is 16.0 Å². The molecule has 6 rings (SSSR count). The number of methoxy groups -OCH3 is 1. The fraction of sp³-hybridized carbons (Fsp3) is 0.517. The number of rotatable bonds is 8. The number of amides is 1. The lowest BCUT2D eigenvalue weighted by molar-refractivity contribution is -0.118. The smallest absolute Gasteiger partial charge is 0.337 e. The molecule has 196 valence electrons. The van der Waals surface area contributed by atoms with E-state index in [1.165, 1.54) is 12.7 Å². The van der Waals surface area contributed by atoms with E-state index in [9.17, 15) is 9.59 Å². The van der Waals surface area contributed by atoms with Crippen molar-refractivity contribution >= 4 is 33.5 Å². The second-order valence-corrected chi connectivity index (χ2v) is 11.8. The maximum Gasteiger partial charge on any atom is 0.337 e.